The van der Waals surface area contributed by atoms with Crippen molar-refractivity contribution in [2.75, 3.05) is 20.2 Å². The maximum atomic E-state index is 10.9. The Labute approximate surface area is 162 Å². The molecule has 2 N–H and O–H groups in total. The van der Waals surface area contributed by atoms with Crippen molar-refractivity contribution in [1.29, 1.82) is 0 Å². The van der Waals surface area contributed by atoms with Gasteiger partial charge in [0, 0.05) is 18.5 Å². The monoisotopic (exact) mass is 390 g/mol. The Bertz CT molecular complexity index is 906. The first kappa shape index (κ1) is 19.6. The van der Waals surface area contributed by atoms with E-state index < -0.39 is 0 Å². The fourth-order valence-corrected chi connectivity index (χ4v) is 4.21. The number of ether oxygens (including phenoxy) is 1. The molecule has 8 heteroatoms. The van der Waals surface area contributed by atoms with Crippen molar-refractivity contribution in [3.8, 4) is 11.6 Å². The van der Waals surface area contributed by atoms with Crippen LogP contribution in [-0.2, 0) is 6.42 Å². The van der Waals surface area contributed by atoms with Crippen LogP contribution in [-0.4, -0.2) is 56.0 Å². The molecule has 0 saturated carbocycles. The molecule has 3 rings (SSSR count). The zero-order chi connectivity index (χ0) is 19.6. The average Bonchev–Trinajstić information content (AvgIpc) is 3.16. The lowest BCUT2D eigenvalue weighted by atomic mass is 10.0. The molecule has 0 saturated heterocycles. The zero-order valence-corrected chi connectivity index (χ0v) is 16.9. The minimum absolute atomic E-state index is 0.0156. The van der Waals surface area contributed by atoms with E-state index >= 15 is 0 Å². The van der Waals surface area contributed by atoms with Crippen LogP contribution < -0.4 is 4.74 Å². The lowest BCUT2D eigenvalue weighted by Gasteiger charge is -2.29. The highest BCUT2D eigenvalue weighted by atomic mass is 32.1. The molecule has 3 aromatic rings. The second-order valence-electron chi connectivity index (χ2n) is 6.68. The van der Waals surface area contributed by atoms with Crippen LogP contribution in [0.4, 0.5) is 0 Å². The summed E-state index contributed by atoms with van der Waals surface area (Å²) in [6, 6.07) is 7.51. The van der Waals surface area contributed by atoms with Crippen LogP contribution >= 0.6 is 11.3 Å². The number of aromatic hydroxyl groups is 1. The van der Waals surface area contributed by atoms with Gasteiger partial charge in [0.1, 0.15) is 5.75 Å². The van der Waals surface area contributed by atoms with Crippen molar-refractivity contribution >= 4 is 16.3 Å². The smallest absolute Gasteiger partial charge is 0.230 e. The molecule has 1 aromatic carbocycles. The van der Waals surface area contributed by atoms with Gasteiger partial charge in [-0.3, -0.25) is 4.90 Å². The number of aryl methyl sites for hydroxylation is 1. The summed E-state index contributed by atoms with van der Waals surface area (Å²) in [6.07, 6.45) is 0.736. The van der Waals surface area contributed by atoms with E-state index in [1.165, 1.54) is 15.9 Å². The Kier molecular flexibility index (Phi) is 5.98. The van der Waals surface area contributed by atoms with Crippen LogP contribution in [0.3, 0.4) is 0 Å². The van der Waals surface area contributed by atoms with Gasteiger partial charge in [0.25, 0.3) is 0 Å². The lowest BCUT2D eigenvalue weighted by molar-refractivity contribution is 0.189. The SMILES string of the molecule is CCc1nc2sc(C(c3ccccc3OC(C)C)N(C)CCO)c(O)n2n1. The van der Waals surface area contributed by atoms with Gasteiger partial charge in [-0.25, -0.2) is 4.98 Å². The van der Waals surface area contributed by atoms with Crippen molar-refractivity contribution in [3.63, 3.8) is 0 Å². The molecule has 146 valence electrons. The first-order valence-electron chi connectivity index (χ1n) is 9.10. The van der Waals surface area contributed by atoms with Gasteiger partial charge in [-0.1, -0.05) is 36.5 Å². The van der Waals surface area contributed by atoms with E-state index in [2.05, 4.69) is 10.1 Å². The van der Waals surface area contributed by atoms with E-state index in [0.717, 1.165) is 16.2 Å². The molecule has 2 aromatic heterocycles. The van der Waals surface area contributed by atoms with E-state index in [0.29, 0.717) is 23.8 Å². The third-order valence-electron chi connectivity index (χ3n) is 4.28. The second kappa shape index (κ2) is 8.24. The number of aliphatic hydroxyl groups excluding tert-OH is 1. The zero-order valence-electron chi connectivity index (χ0n) is 16.1. The summed E-state index contributed by atoms with van der Waals surface area (Å²) in [6.45, 7) is 6.41. The van der Waals surface area contributed by atoms with Crippen molar-refractivity contribution in [2.24, 2.45) is 0 Å². The lowest BCUT2D eigenvalue weighted by Crippen LogP contribution is -2.28. The van der Waals surface area contributed by atoms with Crippen LogP contribution in [0.15, 0.2) is 24.3 Å². The average molecular weight is 391 g/mol. The number of rotatable bonds is 8. The maximum absolute atomic E-state index is 10.9. The summed E-state index contributed by atoms with van der Waals surface area (Å²) in [7, 11) is 1.92. The molecule has 0 bridgehead atoms. The van der Waals surface area contributed by atoms with E-state index in [-0.39, 0.29) is 24.6 Å². The standard InChI is InChI=1S/C19H26N4O3S/c1-5-15-20-19-23(21-15)18(25)17(27-19)16(22(4)10-11-24)13-8-6-7-9-14(13)26-12(2)3/h6-9,12,16,24-25H,5,10-11H2,1-4H3. The van der Waals surface area contributed by atoms with Crippen LogP contribution in [0.1, 0.15) is 43.1 Å². The number of hydrogen-bond acceptors (Lipinski definition) is 7. The summed E-state index contributed by atoms with van der Waals surface area (Å²) in [5.74, 6) is 1.54. The van der Waals surface area contributed by atoms with Crippen molar-refractivity contribution in [1.82, 2.24) is 19.5 Å². The molecule has 0 aliphatic carbocycles. The molecule has 0 fully saturated rings. The summed E-state index contributed by atoms with van der Waals surface area (Å²) in [5, 5.41) is 24.7. The van der Waals surface area contributed by atoms with Crippen molar-refractivity contribution in [2.45, 2.75) is 39.3 Å². The Morgan fingerprint density at radius 3 is 2.67 bits per heavy atom. The van der Waals surface area contributed by atoms with Crippen molar-refractivity contribution < 1.29 is 14.9 Å². The fourth-order valence-electron chi connectivity index (χ4n) is 3.05. The third kappa shape index (κ3) is 3.92. The van der Waals surface area contributed by atoms with Gasteiger partial charge in [0.15, 0.2) is 5.82 Å². The number of thiazole rings is 1. The van der Waals surface area contributed by atoms with Gasteiger partial charge in [0.05, 0.1) is 23.6 Å². The van der Waals surface area contributed by atoms with Crippen LogP contribution in [0.2, 0.25) is 0 Å². The van der Waals surface area contributed by atoms with Crippen LogP contribution in [0.25, 0.3) is 4.96 Å². The molecule has 0 amide bonds. The highest BCUT2D eigenvalue weighted by Gasteiger charge is 2.29. The molecular formula is C19H26N4O3S. The molecular weight excluding hydrogens is 364 g/mol. The highest BCUT2D eigenvalue weighted by Crippen LogP contribution is 2.42. The fraction of sp³-hybridized carbons (Fsp3) is 0.474. The first-order chi connectivity index (χ1) is 13.0. The summed E-state index contributed by atoms with van der Waals surface area (Å²) in [4.78, 5) is 7.85. The van der Waals surface area contributed by atoms with Crippen LogP contribution in [0, 0.1) is 0 Å². The Hall–Kier alpha value is -2.16. The summed E-state index contributed by atoms with van der Waals surface area (Å²) >= 11 is 1.41. The summed E-state index contributed by atoms with van der Waals surface area (Å²) < 4.78 is 7.49. The number of aliphatic hydroxyl groups is 1. The molecule has 0 aliphatic heterocycles. The van der Waals surface area contributed by atoms with Gasteiger partial charge < -0.3 is 14.9 Å². The predicted octanol–water partition coefficient (Wildman–Crippen LogP) is 2.86. The first-order valence-corrected chi connectivity index (χ1v) is 9.91. The topological polar surface area (TPSA) is 83.1 Å². The molecule has 1 atom stereocenters. The molecule has 0 radical (unpaired) electrons. The number of benzene rings is 1. The third-order valence-corrected chi connectivity index (χ3v) is 5.35. The summed E-state index contributed by atoms with van der Waals surface area (Å²) in [5.41, 5.74) is 0.928. The number of fused-ring (bicyclic) bond motifs is 1. The Morgan fingerprint density at radius 2 is 2.04 bits per heavy atom. The van der Waals surface area contributed by atoms with Gasteiger partial charge >= 0.3 is 0 Å². The largest absolute Gasteiger partial charge is 0.492 e. The van der Waals surface area contributed by atoms with E-state index in [4.69, 9.17) is 4.74 Å². The number of hydrogen-bond donors (Lipinski definition) is 2. The van der Waals surface area contributed by atoms with Crippen molar-refractivity contribution in [3.05, 3.63) is 40.5 Å². The Balaban J connectivity index is 2.13. The minimum atomic E-state index is -0.286. The van der Waals surface area contributed by atoms with E-state index in [1.807, 2.05) is 57.0 Å². The van der Waals surface area contributed by atoms with E-state index in [1.54, 1.807) is 0 Å². The molecule has 27 heavy (non-hydrogen) atoms. The molecule has 0 aliphatic rings. The van der Waals surface area contributed by atoms with Gasteiger partial charge in [-0.2, -0.15) is 4.52 Å². The second-order valence-corrected chi connectivity index (χ2v) is 7.69. The van der Waals surface area contributed by atoms with Crippen LogP contribution in [0.5, 0.6) is 11.6 Å². The van der Waals surface area contributed by atoms with Gasteiger partial charge in [-0.05, 0) is 27.0 Å². The highest BCUT2D eigenvalue weighted by molar-refractivity contribution is 7.17. The number of aromatic nitrogens is 3. The van der Waals surface area contributed by atoms with E-state index in [9.17, 15) is 10.2 Å². The predicted molar refractivity (Wildman–Crippen MR) is 106 cm³/mol. The molecule has 7 nitrogen and oxygen atoms in total. The molecule has 2 heterocycles. The van der Waals surface area contributed by atoms with Gasteiger partial charge in [-0.15, -0.1) is 5.10 Å². The molecule has 1 unspecified atom stereocenters. The molecule has 0 spiro atoms. The quantitative estimate of drug-likeness (QED) is 0.615. The Morgan fingerprint density at radius 1 is 1.30 bits per heavy atom. The maximum Gasteiger partial charge on any atom is 0.230 e. The number of para-hydroxylation sites is 1. The number of nitrogens with zero attached hydrogens (tertiary/aromatic N) is 4. The van der Waals surface area contributed by atoms with Gasteiger partial charge in [0.2, 0.25) is 10.8 Å². The number of likely N-dealkylation sites (N-methyl/N-ethyl adjacent to an activating group) is 1. The normalized spacial score (nSPS) is 13.0. The minimum Gasteiger partial charge on any atom is -0.492 e.